The van der Waals surface area contributed by atoms with Crippen molar-refractivity contribution in [1.29, 1.82) is 0 Å². The summed E-state index contributed by atoms with van der Waals surface area (Å²) in [6.45, 7) is 3.10. The number of nitrogens with zero attached hydrogens (tertiary/aromatic N) is 2. The van der Waals surface area contributed by atoms with Gasteiger partial charge in [0.25, 0.3) is 5.91 Å². The summed E-state index contributed by atoms with van der Waals surface area (Å²) in [4.78, 5) is 28.1. The monoisotopic (exact) mass is 424 g/mol. The molecule has 2 heterocycles. The first kappa shape index (κ1) is 20.7. The Morgan fingerprint density at radius 1 is 1.14 bits per heavy atom. The van der Waals surface area contributed by atoms with E-state index >= 15 is 0 Å². The second-order valence-electron chi connectivity index (χ2n) is 6.24. The fraction of sp³-hybridized carbons (Fsp3) is 0.211. The summed E-state index contributed by atoms with van der Waals surface area (Å²) in [7, 11) is 0. The van der Waals surface area contributed by atoms with Crippen LogP contribution in [0.4, 0.5) is 24.5 Å². The van der Waals surface area contributed by atoms with Crippen LogP contribution in [0.2, 0.25) is 5.02 Å². The van der Waals surface area contributed by atoms with Crippen LogP contribution in [0.25, 0.3) is 5.65 Å². The van der Waals surface area contributed by atoms with Crippen LogP contribution in [-0.4, -0.2) is 21.2 Å². The van der Waals surface area contributed by atoms with Gasteiger partial charge in [-0.1, -0.05) is 18.5 Å². The van der Waals surface area contributed by atoms with Crippen molar-refractivity contribution < 1.29 is 22.8 Å². The number of rotatable bonds is 4. The van der Waals surface area contributed by atoms with Crippen LogP contribution >= 0.6 is 11.6 Å². The van der Waals surface area contributed by atoms with Crippen molar-refractivity contribution in [3.8, 4) is 0 Å². The Hall–Kier alpha value is -3.07. The lowest BCUT2D eigenvalue weighted by Crippen LogP contribution is -2.17. The van der Waals surface area contributed by atoms with Crippen LogP contribution in [0.5, 0.6) is 0 Å². The molecule has 2 aromatic heterocycles. The number of hydrogen-bond donors (Lipinski definition) is 2. The molecular formula is C19H16ClF3N4O2. The highest BCUT2D eigenvalue weighted by Crippen LogP contribution is 2.33. The quantitative estimate of drug-likeness (QED) is 0.633. The fourth-order valence-electron chi connectivity index (χ4n) is 2.82. The Bertz CT molecular complexity index is 1090. The molecule has 0 bridgehead atoms. The zero-order chi connectivity index (χ0) is 21.3. The molecule has 10 heteroatoms. The van der Waals surface area contributed by atoms with Gasteiger partial charge in [0.05, 0.1) is 16.3 Å². The topological polar surface area (TPSA) is 75.5 Å². The third kappa shape index (κ3) is 4.34. The van der Waals surface area contributed by atoms with Crippen molar-refractivity contribution in [2.45, 2.75) is 26.4 Å². The van der Waals surface area contributed by atoms with E-state index in [9.17, 15) is 22.8 Å². The third-order valence-electron chi connectivity index (χ3n) is 4.09. The molecule has 0 atom stereocenters. The van der Waals surface area contributed by atoms with Gasteiger partial charge in [-0.05, 0) is 36.8 Å². The highest BCUT2D eigenvalue weighted by Gasteiger charge is 2.33. The second-order valence-corrected chi connectivity index (χ2v) is 6.65. The minimum atomic E-state index is -4.62. The average molecular weight is 425 g/mol. The van der Waals surface area contributed by atoms with Gasteiger partial charge in [-0.25, -0.2) is 4.98 Å². The van der Waals surface area contributed by atoms with Gasteiger partial charge in [-0.3, -0.25) is 14.0 Å². The Morgan fingerprint density at radius 3 is 2.24 bits per heavy atom. The number of fused-ring (bicyclic) bond motifs is 1. The highest BCUT2D eigenvalue weighted by molar-refractivity contribution is 6.33. The minimum Gasteiger partial charge on any atom is -0.326 e. The number of alkyl halides is 3. The molecule has 0 aliphatic carbocycles. The molecule has 0 saturated heterocycles. The first-order chi connectivity index (χ1) is 13.6. The maximum atomic E-state index is 13.2. The molecule has 29 heavy (non-hydrogen) atoms. The molecule has 2 N–H and O–H groups in total. The normalized spacial score (nSPS) is 11.5. The Kier molecular flexibility index (Phi) is 5.52. The van der Waals surface area contributed by atoms with Crippen molar-refractivity contribution in [3.05, 3.63) is 58.5 Å². The molecule has 0 saturated carbocycles. The number of nitrogens with one attached hydrogen (secondary N) is 2. The van der Waals surface area contributed by atoms with Gasteiger partial charge in [0.15, 0.2) is 5.65 Å². The third-order valence-corrected chi connectivity index (χ3v) is 4.37. The molecule has 2 amide bonds. The maximum Gasteiger partial charge on any atom is 0.417 e. The van der Waals surface area contributed by atoms with Crippen molar-refractivity contribution in [1.82, 2.24) is 9.38 Å². The number of anilines is 2. The Labute approximate surface area is 168 Å². The van der Waals surface area contributed by atoms with Gasteiger partial charge in [-0.2, -0.15) is 13.2 Å². The Balaban J connectivity index is 2.00. The lowest BCUT2D eigenvalue weighted by molar-refractivity contribution is -0.137. The molecule has 0 aliphatic rings. The van der Waals surface area contributed by atoms with Gasteiger partial charge in [0.1, 0.15) is 5.69 Å². The molecule has 0 fully saturated rings. The smallest absolute Gasteiger partial charge is 0.326 e. The van der Waals surface area contributed by atoms with E-state index in [4.69, 9.17) is 11.6 Å². The van der Waals surface area contributed by atoms with Crippen molar-refractivity contribution in [2.24, 2.45) is 0 Å². The predicted octanol–water partition coefficient (Wildman–Crippen LogP) is 4.78. The largest absolute Gasteiger partial charge is 0.417 e. The number of imidazole rings is 1. The molecule has 0 aliphatic heterocycles. The first-order valence-corrected chi connectivity index (χ1v) is 8.94. The number of carbonyl (C=O) groups is 2. The molecule has 0 radical (unpaired) electrons. The van der Waals surface area contributed by atoms with E-state index in [2.05, 4.69) is 15.6 Å². The van der Waals surface area contributed by atoms with E-state index in [0.29, 0.717) is 23.5 Å². The number of aryl methyl sites for hydroxylation is 1. The summed E-state index contributed by atoms with van der Waals surface area (Å²) in [5, 5.41) is 5.03. The number of aromatic nitrogens is 2. The molecule has 3 aromatic rings. The summed E-state index contributed by atoms with van der Waals surface area (Å²) in [5.74, 6) is -0.866. The van der Waals surface area contributed by atoms with Crippen LogP contribution in [0.3, 0.4) is 0 Å². The molecular weight excluding hydrogens is 409 g/mol. The van der Waals surface area contributed by atoms with E-state index < -0.39 is 17.6 Å². The van der Waals surface area contributed by atoms with Gasteiger partial charge in [0.2, 0.25) is 5.91 Å². The maximum absolute atomic E-state index is 13.2. The number of benzene rings is 1. The van der Waals surface area contributed by atoms with Gasteiger partial charge >= 0.3 is 6.18 Å². The van der Waals surface area contributed by atoms with Crippen molar-refractivity contribution in [3.63, 3.8) is 0 Å². The molecule has 1 aromatic carbocycles. The first-order valence-electron chi connectivity index (χ1n) is 8.56. The van der Waals surface area contributed by atoms with Gasteiger partial charge in [-0.15, -0.1) is 0 Å². The molecule has 0 spiro atoms. The zero-order valence-corrected chi connectivity index (χ0v) is 16.1. The summed E-state index contributed by atoms with van der Waals surface area (Å²) in [5.41, 5.74) is 0.326. The highest BCUT2D eigenvalue weighted by atomic mass is 35.5. The van der Waals surface area contributed by atoms with E-state index in [0.717, 1.165) is 16.7 Å². The minimum absolute atomic E-state index is 0.0264. The molecule has 6 nitrogen and oxygen atoms in total. The van der Waals surface area contributed by atoms with Crippen LogP contribution < -0.4 is 10.6 Å². The van der Waals surface area contributed by atoms with Gasteiger partial charge < -0.3 is 10.6 Å². The Morgan fingerprint density at radius 2 is 1.72 bits per heavy atom. The van der Waals surface area contributed by atoms with Gasteiger partial charge in [0, 0.05) is 24.5 Å². The van der Waals surface area contributed by atoms with Crippen LogP contribution in [0.15, 0.2) is 36.5 Å². The second kappa shape index (κ2) is 7.75. The lowest BCUT2D eigenvalue weighted by atomic mass is 10.2. The van der Waals surface area contributed by atoms with Crippen LogP contribution in [0.1, 0.15) is 35.6 Å². The number of carbonyl (C=O) groups excluding carboxylic acids is 2. The fourth-order valence-corrected chi connectivity index (χ4v) is 3.07. The van der Waals surface area contributed by atoms with E-state index in [1.807, 2.05) is 0 Å². The summed E-state index contributed by atoms with van der Waals surface area (Å²) >= 11 is 5.98. The average Bonchev–Trinajstić information content (AvgIpc) is 3.01. The van der Waals surface area contributed by atoms with Crippen LogP contribution in [0, 0.1) is 0 Å². The number of halogens is 4. The standard InChI is InChI=1S/C19H16ClF3N4O2/c1-3-15-16(18(29)25-13-6-4-12(5-7-13)24-10(2)28)27-9-11(19(21,22)23)8-14(20)17(27)26-15/h4-9H,3H2,1-2H3,(H,24,28)(H,25,29). The SMILES string of the molecule is CCc1nc2c(Cl)cc(C(F)(F)F)cn2c1C(=O)Nc1ccc(NC(C)=O)cc1. The summed E-state index contributed by atoms with van der Waals surface area (Å²) < 4.78 is 40.6. The number of hydrogen-bond acceptors (Lipinski definition) is 3. The predicted molar refractivity (Wildman–Crippen MR) is 103 cm³/mol. The number of amides is 2. The van der Waals surface area contributed by atoms with E-state index in [1.54, 1.807) is 31.2 Å². The van der Waals surface area contributed by atoms with E-state index in [-0.39, 0.29) is 22.3 Å². The number of pyridine rings is 1. The summed E-state index contributed by atoms with van der Waals surface area (Å²) in [6.07, 6.45) is -3.49. The van der Waals surface area contributed by atoms with Crippen molar-refractivity contribution >= 4 is 40.4 Å². The molecule has 152 valence electrons. The zero-order valence-electron chi connectivity index (χ0n) is 15.4. The van der Waals surface area contributed by atoms with Crippen LogP contribution in [-0.2, 0) is 17.4 Å². The summed E-state index contributed by atoms with van der Waals surface area (Å²) in [6, 6.07) is 7.08. The van der Waals surface area contributed by atoms with E-state index in [1.165, 1.54) is 6.92 Å². The molecule has 0 unspecified atom stereocenters. The van der Waals surface area contributed by atoms with Crippen molar-refractivity contribution in [2.75, 3.05) is 10.6 Å². The lowest BCUT2D eigenvalue weighted by Gasteiger charge is -2.11. The molecule has 3 rings (SSSR count).